The van der Waals surface area contributed by atoms with E-state index in [1.54, 1.807) is 0 Å². The molecule has 0 heterocycles. The average molecular weight is 236 g/mol. The van der Waals surface area contributed by atoms with Gasteiger partial charge in [0.25, 0.3) is 0 Å². The number of hydrogen-bond acceptors (Lipinski definition) is 3. The first-order chi connectivity index (χ1) is 7.90. The summed E-state index contributed by atoms with van der Waals surface area (Å²) >= 11 is 0. The molecule has 0 radical (unpaired) electrons. The van der Waals surface area contributed by atoms with Crippen molar-refractivity contribution in [1.82, 2.24) is 0 Å². The Bertz CT molecular complexity index is 441. The first-order valence-electron chi connectivity index (χ1n) is 5.33. The Morgan fingerprint density at radius 1 is 1.41 bits per heavy atom. The number of carbonyl (C=O) groups is 2. The molecule has 5 heteroatoms. The molecule has 0 spiro atoms. The fourth-order valence-electron chi connectivity index (χ4n) is 1.38. The van der Waals surface area contributed by atoms with E-state index in [0.717, 1.165) is 0 Å². The van der Waals surface area contributed by atoms with Crippen LogP contribution in [0.3, 0.4) is 0 Å². The Labute approximate surface area is 99.6 Å². The number of hydrogen-bond donors (Lipinski definition) is 3. The second kappa shape index (κ2) is 5.34. The van der Waals surface area contributed by atoms with Gasteiger partial charge in [0.15, 0.2) is 0 Å². The highest BCUT2D eigenvalue weighted by Gasteiger charge is 2.09. The molecule has 0 bridgehead atoms. The van der Waals surface area contributed by atoms with Crippen LogP contribution in [0.25, 0.3) is 0 Å². The topological polar surface area (TPSA) is 92.4 Å². The molecule has 4 N–H and O–H groups in total. The SMILES string of the molecule is CC(C)CC(=O)Nc1ccc(C(=O)O)cc1N. The van der Waals surface area contributed by atoms with Gasteiger partial charge in [0, 0.05) is 6.42 Å². The van der Waals surface area contributed by atoms with E-state index >= 15 is 0 Å². The van der Waals surface area contributed by atoms with E-state index in [0.29, 0.717) is 12.1 Å². The van der Waals surface area contributed by atoms with Crippen molar-refractivity contribution in [2.45, 2.75) is 20.3 Å². The summed E-state index contributed by atoms with van der Waals surface area (Å²) in [5.41, 5.74) is 6.46. The number of benzene rings is 1. The number of rotatable bonds is 4. The van der Waals surface area contributed by atoms with Gasteiger partial charge in [-0.15, -0.1) is 0 Å². The lowest BCUT2D eigenvalue weighted by atomic mass is 10.1. The third-order valence-corrected chi connectivity index (χ3v) is 2.17. The first kappa shape index (κ1) is 13.0. The van der Waals surface area contributed by atoms with Gasteiger partial charge in [-0.05, 0) is 24.1 Å². The Hall–Kier alpha value is -2.04. The van der Waals surface area contributed by atoms with Gasteiger partial charge in [0.05, 0.1) is 16.9 Å². The van der Waals surface area contributed by atoms with Gasteiger partial charge in [-0.2, -0.15) is 0 Å². The van der Waals surface area contributed by atoms with Crippen LogP contribution in [-0.4, -0.2) is 17.0 Å². The van der Waals surface area contributed by atoms with Crippen molar-refractivity contribution in [2.75, 3.05) is 11.1 Å². The van der Waals surface area contributed by atoms with Crippen LogP contribution >= 0.6 is 0 Å². The van der Waals surface area contributed by atoms with Gasteiger partial charge in [-0.3, -0.25) is 4.79 Å². The van der Waals surface area contributed by atoms with Gasteiger partial charge < -0.3 is 16.2 Å². The molecule has 0 aliphatic heterocycles. The predicted octanol–water partition coefficient (Wildman–Crippen LogP) is 1.95. The number of aromatic carboxylic acids is 1. The van der Waals surface area contributed by atoms with E-state index in [1.165, 1.54) is 18.2 Å². The minimum absolute atomic E-state index is 0.101. The summed E-state index contributed by atoms with van der Waals surface area (Å²) in [6.07, 6.45) is 0.403. The van der Waals surface area contributed by atoms with Crippen LogP contribution in [0.15, 0.2) is 18.2 Å². The van der Waals surface area contributed by atoms with Crippen LogP contribution < -0.4 is 11.1 Å². The van der Waals surface area contributed by atoms with Gasteiger partial charge in [-0.25, -0.2) is 4.79 Å². The molecule has 0 aliphatic rings. The van der Waals surface area contributed by atoms with Crippen LogP contribution in [0.4, 0.5) is 11.4 Å². The zero-order valence-electron chi connectivity index (χ0n) is 9.86. The maximum Gasteiger partial charge on any atom is 0.335 e. The number of anilines is 2. The molecule has 92 valence electrons. The molecule has 0 saturated heterocycles. The van der Waals surface area contributed by atoms with E-state index in [9.17, 15) is 9.59 Å². The summed E-state index contributed by atoms with van der Waals surface area (Å²) in [7, 11) is 0. The normalized spacial score (nSPS) is 10.3. The quantitative estimate of drug-likeness (QED) is 0.696. The van der Waals surface area contributed by atoms with Crippen LogP contribution in [0.1, 0.15) is 30.6 Å². The minimum atomic E-state index is -1.04. The van der Waals surface area contributed by atoms with Crippen molar-refractivity contribution in [3.8, 4) is 0 Å². The summed E-state index contributed by atoms with van der Waals surface area (Å²) in [4.78, 5) is 22.2. The highest BCUT2D eigenvalue weighted by atomic mass is 16.4. The van der Waals surface area contributed by atoms with Crippen molar-refractivity contribution in [3.63, 3.8) is 0 Å². The van der Waals surface area contributed by atoms with Crippen molar-refractivity contribution < 1.29 is 14.7 Å². The maximum atomic E-state index is 11.5. The van der Waals surface area contributed by atoms with Crippen LogP contribution in [-0.2, 0) is 4.79 Å². The molecule has 0 fully saturated rings. The fraction of sp³-hybridized carbons (Fsp3) is 0.333. The zero-order chi connectivity index (χ0) is 13.0. The molecule has 1 aromatic rings. The second-order valence-corrected chi connectivity index (χ2v) is 4.25. The lowest BCUT2D eigenvalue weighted by Crippen LogP contribution is -2.15. The number of nitrogens with two attached hydrogens (primary N) is 1. The van der Waals surface area contributed by atoms with E-state index in [1.807, 2.05) is 13.8 Å². The molecule has 1 aromatic carbocycles. The van der Waals surface area contributed by atoms with Gasteiger partial charge in [0.1, 0.15) is 0 Å². The molecule has 0 aromatic heterocycles. The van der Waals surface area contributed by atoms with Crippen molar-refractivity contribution in [3.05, 3.63) is 23.8 Å². The molecule has 0 saturated carbocycles. The largest absolute Gasteiger partial charge is 0.478 e. The maximum absolute atomic E-state index is 11.5. The van der Waals surface area contributed by atoms with Gasteiger partial charge in [0.2, 0.25) is 5.91 Å². The standard InChI is InChI=1S/C12H16N2O3/c1-7(2)5-11(15)14-10-4-3-8(12(16)17)6-9(10)13/h3-4,6-7H,5,13H2,1-2H3,(H,14,15)(H,16,17). The third-order valence-electron chi connectivity index (χ3n) is 2.17. The van der Waals surface area contributed by atoms with Crippen molar-refractivity contribution in [1.29, 1.82) is 0 Å². The van der Waals surface area contributed by atoms with Crippen LogP contribution in [0.5, 0.6) is 0 Å². The number of carboxylic acids is 1. The van der Waals surface area contributed by atoms with Crippen LogP contribution in [0, 0.1) is 5.92 Å². The predicted molar refractivity (Wildman–Crippen MR) is 65.9 cm³/mol. The molecule has 1 rings (SSSR count). The van der Waals surface area contributed by atoms with Crippen molar-refractivity contribution >= 4 is 23.3 Å². The van der Waals surface area contributed by atoms with E-state index in [4.69, 9.17) is 10.8 Å². The molecule has 0 aliphatic carbocycles. The Kier molecular flexibility index (Phi) is 4.09. The summed E-state index contributed by atoms with van der Waals surface area (Å²) in [5.74, 6) is -0.916. The molecule has 5 nitrogen and oxygen atoms in total. The monoisotopic (exact) mass is 236 g/mol. The zero-order valence-corrected chi connectivity index (χ0v) is 9.86. The molecule has 0 unspecified atom stereocenters. The smallest absolute Gasteiger partial charge is 0.335 e. The highest BCUT2D eigenvalue weighted by Crippen LogP contribution is 2.20. The number of nitrogen functional groups attached to an aromatic ring is 1. The molecular weight excluding hydrogens is 220 g/mol. The lowest BCUT2D eigenvalue weighted by molar-refractivity contribution is -0.116. The fourth-order valence-corrected chi connectivity index (χ4v) is 1.38. The molecule has 17 heavy (non-hydrogen) atoms. The summed E-state index contributed by atoms with van der Waals surface area (Å²) < 4.78 is 0. The summed E-state index contributed by atoms with van der Waals surface area (Å²) in [6.45, 7) is 3.88. The van der Waals surface area contributed by atoms with Gasteiger partial charge in [-0.1, -0.05) is 13.8 Å². The van der Waals surface area contributed by atoms with Crippen LogP contribution in [0.2, 0.25) is 0 Å². The summed E-state index contributed by atoms with van der Waals surface area (Å²) in [5, 5.41) is 11.4. The van der Waals surface area contributed by atoms with E-state index in [-0.39, 0.29) is 23.1 Å². The average Bonchev–Trinajstić information content (AvgIpc) is 2.19. The lowest BCUT2D eigenvalue weighted by Gasteiger charge is -2.10. The van der Waals surface area contributed by atoms with E-state index in [2.05, 4.69) is 5.32 Å². The Balaban J connectivity index is 2.79. The van der Waals surface area contributed by atoms with E-state index < -0.39 is 5.97 Å². The number of carbonyl (C=O) groups excluding carboxylic acids is 1. The summed E-state index contributed by atoms with van der Waals surface area (Å²) in [6, 6.07) is 4.23. The van der Waals surface area contributed by atoms with Gasteiger partial charge >= 0.3 is 5.97 Å². The molecule has 1 amide bonds. The molecular formula is C12H16N2O3. The van der Waals surface area contributed by atoms with Crippen molar-refractivity contribution in [2.24, 2.45) is 5.92 Å². The second-order valence-electron chi connectivity index (χ2n) is 4.25. The Morgan fingerprint density at radius 3 is 2.53 bits per heavy atom. The highest BCUT2D eigenvalue weighted by molar-refractivity contribution is 5.96. The number of carboxylic acid groups (broad SMARTS) is 1. The first-order valence-corrected chi connectivity index (χ1v) is 5.33. The number of amides is 1. The Morgan fingerprint density at radius 2 is 2.06 bits per heavy atom. The molecule has 0 atom stereocenters. The minimum Gasteiger partial charge on any atom is -0.478 e. The third kappa shape index (κ3) is 3.79. The number of nitrogens with one attached hydrogen (secondary N) is 1.